The van der Waals surface area contributed by atoms with Gasteiger partial charge < -0.3 is 24.8 Å². The van der Waals surface area contributed by atoms with Crippen LogP contribution in [0.5, 0.6) is 5.75 Å². The molecule has 4 rings (SSSR count). The second-order valence-corrected chi connectivity index (χ2v) is 8.87. The fourth-order valence-electron chi connectivity index (χ4n) is 4.30. The number of nitrogens with one attached hydrogen (secondary N) is 3. The first-order valence-electron chi connectivity index (χ1n) is 12.1. The molecule has 0 saturated carbocycles. The van der Waals surface area contributed by atoms with E-state index in [0.29, 0.717) is 6.42 Å². The highest BCUT2D eigenvalue weighted by Gasteiger charge is 2.19. The standard InChI is InChI=1S/C28H32N4O3/c1-19(33)9-5-3-8-12-25(28-30-18-26(32-28)20-10-6-4-7-11-20)31-27(34)15-21-17-29-24-14-13-22(35-2)16-23(21)24/h4,6-7,10-11,13-14,16-18,25,29H,3,5,8-9,12,15H2,1-2H3,(H,30,32)(H,31,34)/t25-/m0/s1. The lowest BCUT2D eigenvalue weighted by atomic mass is 10.0. The minimum Gasteiger partial charge on any atom is -0.497 e. The van der Waals surface area contributed by atoms with Crippen LogP contribution in [0.2, 0.25) is 0 Å². The Balaban J connectivity index is 1.47. The monoisotopic (exact) mass is 472 g/mol. The number of imidazole rings is 1. The van der Waals surface area contributed by atoms with Crippen molar-refractivity contribution in [2.45, 2.75) is 51.5 Å². The summed E-state index contributed by atoms with van der Waals surface area (Å²) in [5.41, 5.74) is 3.85. The molecule has 35 heavy (non-hydrogen) atoms. The van der Waals surface area contributed by atoms with Crippen LogP contribution in [0.25, 0.3) is 22.2 Å². The Morgan fingerprint density at radius 3 is 2.69 bits per heavy atom. The average Bonchev–Trinajstić information content (AvgIpc) is 3.51. The number of aromatic nitrogens is 3. The zero-order valence-corrected chi connectivity index (χ0v) is 20.3. The summed E-state index contributed by atoms with van der Waals surface area (Å²) in [4.78, 5) is 35.6. The normalized spacial score (nSPS) is 11.9. The van der Waals surface area contributed by atoms with Gasteiger partial charge >= 0.3 is 0 Å². The second kappa shape index (κ2) is 11.5. The first-order valence-corrected chi connectivity index (χ1v) is 12.1. The van der Waals surface area contributed by atoms with Gasteiger partial charge in [-0.15, -0.1) is 0 Å². The largest absolute Gasteiger partial charge is 0.497 e. The number of hydrogen-bond acceptors (Lipinski definition) is 4. The van der Waals surface area contributed by atoms with Gasteiger partial charge in [-0.05, 0) is 49.1 Å². The molecule has 1 amide bonds. The van der Waals surface area contributed by atoms with Gasteiger partial charge in [-0.2, -0.15) is 0 Å². The lowest BCUT2D eigenvalue weighted by Gasteiger charge is -2.17. The number of H-pyrrole nitrogens is 2. The Kier molecular flexibility index (Phi) is 7.98. The van der Waals surface area contributed by atoms with Gasteiger partial charge in [0.25, 0.3) is 0 Å². The quantitative estimate of drug-likeness (QED) is 0.237. The average molecular weight is 473 g/mol. The maximum Gasteiger partial charge on any atom is 0.225 e. The van der Waals surface area contributed by atoms with Crippen molar-refractivity contribution < 1.29 is 14.3 Å². The summed E-state index contributed by atoms with van der Waals surface area (Å²) in [5, 5.41) is 4.16. The molecule has 0 aliphatic heterocycles. The van der Waals surface area contributed by atoms with Crippen molar-refractivity contribution in [3.8, 4) is 17.0 Å². The van der Waals surface area contributed by atoms with E-state index in [-0.39, 0.29) is 24.2 Å². The van der Waals surface area contributed by atoms with Gasteiger partial charge in [0.1, 0.15) is 17.4 Å². The fourth-order valence-corrected chi connectivity index (χ4v) is 4.30. The molecule has 0 unspecified atom stereocenters. The van der Waals surface area contributed by atoms with E-state index in [1.165, 1.54) is 0 Å². The van der Waals surface area contributed by atoms with Crippen molar-refractivity contribution in [1.29, 1.82) is 0 Å². The first kappa shape index (κ1) is 24.3. The number of ketones is 1. The molecule has 0 aliphatic rings. The molecule has 3 N–H and O–H groups in total. The lowest BCUT2D eigenvalue weighted by Crippen LogP contribution is -2.30. The SMILES string of the molecule is COc1ccc2[nH]cc(CC(=O)N[C@@H](CCCCCC(C)=O)c3ncc(-c4ccccc4)[nH]3)c2c1. The number of rotatable bonds is 12. The predicted molar refractivity (Wildman–Crippen MR) is 137 cm³/mol. The van der Waals surface area contributed by atoms with Crippen LogP contribution < -0.4 is 10.1 Å². The molecule has 4 aromatic rings. The van der Waals surface area contributed by atoms with Crippen LogP contribution in [0, 0.1) is 0 Å². The summed E-state index contributed by atoms with van der Waals surface area (Å²) in [7, 11) is 1.63. The zero-order chi connectivity index (χ0) is 24.6. The van der Waals surface area contributed by atoms with E-state index < -0.39 is 0 Å². The van der Waals surface area contributed by atoms with Crippen molar-refractivity contribution in [2.75, 3.05) is 7.11 Å². The number of nitrogens with zero attached hydrogens (tertiary/aromatic N) is 1. The van der Waals surface area contributed by atoms with Crippen molar-refractivity contribution in [2.24, 2.45) is 0 Å². The van der Waals surface area contributed by atoms with Crippen molar-refractivity contribution in [3.63, 3.8) is 0 Å². The number of Topliss-reactive ketones (excluding diaryl/α,β-unsaturated/α-hetero) is 1. The Morgan fingerprint density at radius 1 is 1.09 bits per heavy atom. The summed E-state index contributed by atoms with van der Waals surface area (Å²) in [5.74, 6) is 1.64. The van der Waals surface area contributed by atoms with E-state index in [2.05, 4.69) is 20.3 Å². The number of aromatic amines is 2. The van der Waals surface area contributed by atoms with E-state index in [9.17, 15) is 9.59 Å². The highest BCUT2D eigenvalue weighted by Crippen LogP contribution is 2.25. The molecule has 0 spiro atoms. The van der Waals surface area contributed by atoms with Crippen LogP contribution in [0.4, 0.5) is 0 Å². The van der Waals surface area contributed by atoms with Crippen LogP contribution in [-0.2, 0) is 16.0 Å². The summed E-state index contributed by atoms with van der Waals surface area (Å²) in [6, 6.07) is 15.6. The van der Waals surface area contributed by atoms with Gasteiger partial charge in [-0.25, -0.2) is 4.98 Å². The third-order valence-corrected chi connectivity index (χ3v) is 6.19. The smallest absolute Gasteiger partial charge is 0.225 e. The predicted octanol–water partition coefficient (Wildman–Crippen LogP) is 5.51. The molecule has 7 nitrogen and oxygen atoms in total. The molecule has 0 saturated heterocycles. The number of carbonyl (C=O) groups is 2. The molecule has 0 aliphatic carbocycles. The number of benzene rings is 2. The van der Waals surface area contributed by atoms with Gasteiger partial charge in [0, 0.05) is 23.5 Å². The summed E-state index contributed by atoms with van der Waals surface area (Å²) in [6.45, 7) is 1.62. The number of unbranched alkanes of at least 4 members (excludes halogenated alkanes) is 2. The third-order valence-electron chi connectivity index (χ3n) is 6.19. The van der Waals surface area contributed by atoms with E-state index in [4.69, 9.17) is 4.74 Å². The molecule has 0 radical (unpaired) electrons. The van der Waals surface area contributed by atoms with E-state index in [1.807, 2.05) is 60.9 Å². The van der Waals surface area contributed by atoms with Crippen molar-refractivity contribution in [1.82, 2.24) is 20.3 Å². The van der Waals surface area contributed by atoms with Gasteiger partial charge in [0.05, 0.1) is 31.5 Å². The fraction of sp³-hybridized carbons (Fsp3) is 0.321. The molecular weight excluding hydrogens is 440 g/mol. The highest BCUT2D eigenvalue weighted by molar-refractivity contribution is 5.89. The van der Waals surface area contributed by atoms with Crippen LogP contribution >= 0.6 is 0 Å². The molecule has 2 aromatic heterocycles. The van der Waals surface area contributed by atoms with Crippen LogP contribution in [0.1, 0.15) is 56.5 Å². The van der Waals surface area contributed by atoms with Gasteiger partial charge in [-0.3, -0.25) is 4.79 Å². The molecular formula is C28H32N4O3. The lowest BCUT2D eigenvalue weighted by molar-refractivity contribution is -0.121. The van der Waals surface area contributed by atoms with Gasteiger partial charge in [0.15, 0.2) is 0 Å². The van der Waals surface area contributed by atoms with Gasteiger partial charge in [-0.1, -0.05) is 43.2 Å². The number of amides is 1. The molecule has 0 fully saturated rings. The van der Waals surface area contributed by atoms with Gasteiger partial charge in [0.2, 0.25) is 5.91 Å². The summed E-state index contributed by atoms with van der Waals surface area (Å²) in [6.07, 6.45) is 7.96. The number of ether oxygens (including phenoxy) is 1. The Morgan fingerprint density at radius 2 is 1.91 bits per heavy atom. The zero-order valence-electron chi connectivity index (χ0n) is 20.3. The molecule has 1 atom stereocenters. The molecule has 2 heterocycles. The van der Waals surface area contributed by atoms with Crippen molar-refractivity contribution in [3.05, 3.63) is 72.3 Å². The minimum atomic E-state index is -0.239. The maximum absolute atomic E-state index is 13.1. The highest BCUT2D eigenvalue weighted by atomic mass is 16.5. The second-order valence-electron chi connectivity index (χ2n) is 8.87. The van der Waals surface area contributed by atoms with Crippen LogP contribution in [-0.4, -0.2) is 33.8 Å². The number of hydrogen-bond donors (Lipinski definition) is 3. The molecule has 2 aromatic carbocycles. The minimum absolute atomic E-state index is 0.0693. The van der Waals surface area contributed by atoms with E-state index >= 15 is 0 Å². The molecule has 182 valence electrons. The Hall–Kier alpha value is -3.87. The number of methoxy groups -OCH3 is 1. The summed E-state index contributed by atoms with van der Waals surface area (Å²) >= 11 is 0. The third kappa shape index (κ3) is 6.38. The first-order chi connectivity index (χ1) is 17.0. The number of carbonyl (C=O) groups excluding carboxylic acids is 2. The van der Waals surface area contributed by atoms with E-state index in [1.54, 1.807) is 14.0 Å². The van der Waals surface area contributed by atoms with E-state index in [0.717, 1.165) is 65.0 Å². The number of fused-ring (bicyclic) bond motifs is 1. The van der Waals surface area contributed by atoms with Crippen LogP contribution in [0.3, 0.4) is 0 Å². The molecule has 0 bridgehead atoms. The Labute approximate surface area is 205 Å². The maximum atomic E-state index is 13.1. The van der Waals surface area contributed by atoms with Crippen molar-refractivity contribution >= 4 is 22.6 Å². The Bertz CT molecular complexity index is 1280. The summed E-state index contributed by atoms with van der Waals surface area (Å²) < 4.78 is 5.34. The van der Waals surface area contributed by atoms with Crippen LogP contribution in [0.15, 0.2) is 60.9 Å². The molecule has 7 heteroatoms. The topological polar surface area (TPSA) is 99.9 Å².